The second-order valence-electron chi connectivity index (χ2n) is 6.92. The number of carbonyl (C=O) groups excluding carboxylic acids is 1. The molecule has 1 fully saturated rings. The molecule has 6 heteroatoms. The molecule has 1 aromatic carbocycles. The number of carbonyl (C=O) groups is 1. The van der Waals surface area contributed by atoms with Crippen LogP contribution in [0.3, 0.4) is 0 Å². The molecule has 0 spiro atoms. The van der Waals surface area contributed by atoms with Crippen molar-refractivity contribution in [3.05, 3.63) is 42.1 Å². The van der Waals surface area contributed by atoms with Crippen LogP contribution in [-0.2, 0) is 16.0 Å². The van der Waals surface area contributed by atoms with Crippen molar-refractivity contribution in [2.75, 3.05) is 33.8 Å². The zero-order chi connectivity index (χ0) is 18.4. The molecule has 1 aliphatic heterocycles. The Morgan fingerprint density at radius 1 is 1.27 bits per heavy atom. The Labute approximate surface area is 154 Å². The third-order valence-corrected chi connectivity index (χ3v) is 5.18. The maximum absolute atomic E-state index is 12.8. The number of likely N-dealkylation sites (N-methyl/N-ethyl adjacent to an activating group) is 1. The summed E-state index contributed by atoms with van der Waals surface area (Å²) in [5.74, 6) is 0.0936. The number of aryl methyl sites for hydroxylation is 1. The van der Waals surface area contributed by atoms with Gasteiger partial charge in [-0.2, -0.15) is 5.10 Å². The van der Waals surface area contributed by atoms with Crippen LogP contribution in [0.2, 0.25) is 0 Å². The molecule has 2 heterocycles. The van der Waals surface area contributed by atoms with Crippen molar-refractivity contribution in [3.8, 4) is 11.3 Å². The number of methoxy groups -OCH3 is 1. The topological polar surface area (TPSA) is 70.2 Å². The van der Waals surface area contributed by atoms with Crippen LogP contribution in [0.1, 0.15) is 25.0 Å². The van der Waals surface area contributed by atoms with E-state index in [0.717, 1.165) is 55.7 Å². The lowest BCUT2D eigenvalue weighted by atomic mass is 9.90. The maximum atomic E-state index is 12.8. The molecular weight excluding hydrogens is 328 g/mol. The summed E-state index contributed by atoms with van der Waals surface area (Å²) in [4.78, 5) is 14.6. The zero-order valence-corrected chi connectivity index (χ0v) is 15.6. The van der Waals surface area contributed by atoms with Crippen LogP contribution in [0.4, 0.5) is 0 Å². The molecule has 1 saturated heterocycles. The van der Waals surface area contributed by atoms with Gasteiger partial charge in [0.1, 0.15) is 5.60 Å². The van der Waals surface area contributed by atoms with Gasteiger partial charge in [-0.1, -0.05) is 30.3 Å². The molecule has 0 unspecified atom stereocenters. The summed E-state index contributed by atoms with van der Waals surface area (Å²) in [6.45, 7) is 2.35. The molecule has 140 valence electrons. The van der Waals surface area contributed by atoms with E-state index < -0.39 is 5.60 Å². The van der Waals surface area contributed by atoms with E-state index in [1.165, 1.54) is 0 Å². The quantitative estimate of drug-likeness (QED) is 0.798. The molecule has 0 bridgehead atoms. The van der Waals surface area contributed by atoms with Crippen molar-refractivity contribution < 1.29 is 9.53 Å². The van der Waals surface area contributed by atoms with E-state index in [1.54, 1.807) is 7.11 Å². The van der Waals surface area contributed by atoms with Crippen molar-refractivity contribution in [2.45, 2.75) is 31.3 Å². The van der Waals surface area contributed by atoms with Crippen LogP contribution in [0.25, 0.3) is 11.3 Å². The molecule has 1 aliphatic rings. The summed E-state index contributed by atoms with van der Waals surface area (Å²) in [6.07, 6.45) is 3.21. The van der Waals surface area contributed by atoms with Gasteiger partial charge in [0, 0.05) is 32.0 Å². The first kappa shape index (κ1) is 18.6. The largest absolute Gasteiger partial charge is 0.368 e. The number of aromatic nitrogens is 2. The van der Waals surface area contributed by atoms with E-state index >= 15 is 0 Å². The number of aromatic amines is 1. The number of rotatable bonds is 7. The fourth-order valence-electron chi connectivity index (χ4n) is 3.54. The fourth-order valence-corrected chi connectivity index (χ4v) is 3.54. The highest BCUT2D eigenvalue weighted by Gasteiger charge is 2.41. The summed E-state index contributed by atoms with van der Waals surface area (Å²) < 4.78 is 5.63. The second-order valence-corrected chi connectivity index (χ2v) is 6.92. The van der Waals surface area contributed by atoms with Gasteiger partial charge < -0.3 is 15.0 Å². The zero-order valence-electron chi connectivity index (χ0n) is 15.6. The molecule has 0 atom stereocenters. The van der Waals surface area contributed by atoms with E-state index in [1.807, 2.05) is 30.1 Å². The molecule has 0 saturated carbocycles. The third-order valence-electron chi connectivity index (χ3n) is 5.18. The summed E-state index contributed by atoms with van der Waals surface area (Å²) in [6, 6.07) is 12.2. The standard InChI is InChI=1S/C20H28N4O2/c1-24(19(25)20(26-2)10-12-21-13-11-20)14-6-9-17-15-18(23-22-17)16-7-4-3-5-8-16/h3-5,7-8,15,21H,6,9-14H2,1-2H3,(H,22,23). The minimum Gasteiger partial charge on any atom is -0.368 e. The van der Waals surface area contributed by atoms with Gasteiger partial charge >= 0.3 is 0 Å². The molecular formula is C20H28N4O2. The van der Waals surface area contributed by atoms with E-state index in [-0.39, 0.29) is 5.91 Å². The van der Waals surface area contributed by atoms with Crippen LogP contribution >= 0.6 is 0 Å². The number of nitrogens with one attached hydrogen (secondary N) is 2. The van der Waals surface area contributed by atoms with Gasteiger partial charge in [0.15, 0.2) is 0 Å². The van der Waals surface area contributed by atoms with E-state index in [2.05, 4.69) is 33.7 Å². The monoisotopic (exact) mass is 356 g/mol. The molecule has 0 radical (unpaired) electrons. The third kappa shape index (κ3) is 4.14. The highest BCUT2D eigenvalue weighted by molar-refractivity contribution is 5.85. The number of amides is 1. The van der Waals surface area contributed by atoms with Gasteiger partial charge in [0.25, 0.3) is 5.91 Å². The molecule has 26 heavy (non-hydrogen) atoms. The van der Waals surface area contributed by atoms with Crippen molar-refractivity contribution in [2.24, 2.45) is 0 Å². The first-order valence-electron chi connectivity index (χ1n) is 9.26. The second kappa shape index (κ2) is 8.47. The maximum Gasteiger partial charge on any atom is 0.254 e. The van der Waals surface area contributed by atoms with E-state index in [4.69, 9.17) is 4.74 Å². The van der Waals surface area contributed by atoms with Crippen molar-refractivity contribution >= 4 is 5.91 Å². The first-order chi connectivity index (χ1) is 12.6. The molecule has 0 aliphatic carbocycles. The predicted octanol–water partition coefficient (Wildman–Crippen LogP) is 2.24. The minimum atomic E-state index is -0.658. The van der Waals surface area contributed by atoms with Crippen LogP contribution in [0.15, 0.2) is 36.4 Å². The fraction of sp³-hybridized carbons (Fsp3) is 0.500. The SMILES string of the molecule is COC1(C(=O)N(C)CCCc2cc(-c3ccccc3)n[nH]2)CCNCC1. The number of hydrogen-bond donors (Lipinski definition) is 2. The smallest absolute Gasteiger partial charge is 0.254 e. The van der Waals surface area contributed by atoms with Gasteiger partial charge in [-0.05, 0) is 44.8 Å². The summed E-state index contributed by atoms with van der Waals surface area (Å²) in [5, 5.41) is 10.8. The lowest BCUT2D eigenvalue weighted by Gasteiger charge is -2.37. The van der Waals surface area contributed by atoms with Crippen molar-refractivity contribution in [1.82, 2.24) is 20.4 Å². The number of ether oxygens (including phenoxy) is 1. The lowest BCUT2D eigenvalue weighted by molar-refractivity contribution is -0.157. The van der Waals surface area contributed by atoms with Crippen molar-refractivity contribution in [3.63, 3.8) is 0 Å². The summed E-state index contributed by atoms with van der Waals surface area (Å²) >= 11 is 0. The Hall–Kier alpha value is -2.18. The number of piperidine rings is 1. The van der Waals surface area contributed by atoms with Gasteiger partial charge in [0.2, 0.25) is 0 Å². The number of hydrogen-bond acceptors (Lipinski definition) is 4. The number of H-pyrrole nitrogens is 1. The normalized spacial score (nSPS) is 16.4. The van der Waals surface area contributed by atoms with E-state index in [0.29, 0.717) is 6.54 Å². The summed E-state index contributed by atoms with van der Waals surface area (Å²) in [5.41, 5.74) is 2.50. The number of nitrogens with zero attached hydrogens (tertiary/aromatic N) is 2. The first-order valence-corrected chi connectivity index (χ1v) is 9.26. The molecule has 3 rings (SSSR count). The van der Waals surface area contributed by atoms with Crippen molar-refractivity contribution in [1.29, 1.82) is 0 Å². The van der Waals surface area contributed by atoms with Gasteiger partial charge in [-0.3, -0.25) is 9.89 Å². The highest BCUT2D eigenvalue weighted by atomic mass is 16.5. The van der Waals surface area contributed by atoms with Gasteiger partial charge in [0.05, 0.1) is 5.69 Å². The number of benzene rings is 1. The minimum absolute atomic E-state index is 0.0936. The predicted molar refractivity (Wildman–Crippen MR) is 102 cm³/mol. The van der Waals surface area contributed by atoms with Crippen LogP contribution in [0, 0.1) is 0 Å². The van der Waals surface area contributed by atoms with Gasteiger partial charge in [-0.15, -0.1) is 0 Å². The molecule has 1 amide bonds. The molecule has 1 aromatic heterocycles. The van der Waals surface area contributed by atoms with Gasteiger partial charge in [-0.25, -0.2) is 0 Å². The van der Waals surface area contributed by atoms with Crippen LogP contribution < -0.4 is 5.32 Å². The lowest BCUT2D eigenvalue weighted by Crippen LogP contribution is -2.54. The Morgan fingerprint density at radius 3 is 2.69 bits per heavy atom. The average Bonchev–Trinajstić information content (AvgIpc) is 3.17. The highest BCUT2D eigenvalue weighted by Crippen LogP contribution is 2.25. The van der Waals surface area contributed by atoms with E-state index in [9.17, 15) is 4.79 Å². The van der Waals surface area contributed by atoms with Crippen LogP contribution in [-0.4, -0.2) is 60.4 Å². The summed E-state index contributed by atoms with van der Waals surface area (Å²) in [7, 11) is 3.51. The Bertz CT molecular complexity index is 708. The Morgan fingerprint density at radius 2 is 2.00 bits per heavy atom. The average molecular weight is 356 g/mol. The van der Waals surface area contributed by atoms with Crippen LogP contribution in [0.5, 0.6) is 0 Å². The molecule has 2 N–H and O–H groups in total. The molecule has 2 aromatic rings. The molecule has 6 nitrogen and oxygen atoms in total. The Balaban J connectivity index is 1.51. The Kier molecular flexibility index (Phi) is 6.06.